The van der Waals surface area contributed by atoms with Crippen molar-refractivity contribution < 1.29 is 0 Å². The predicted octanol–water partition coefficient (Wildman–Crippen LogP) is 4.37. The van der Waals surface area contributed by atoms with Crippen LogP contribution >= 0.6 is 15.9 Å². The maximum atomic E-state index is 3.95. The van der Waals surface area contributed by atoms with E-state index in [0.29, 0.717) is 6.04 Å². The van der Waals surface area contributed by atoms with Gasteiger partial charge in [0, 0.05) is 10.5 Å². The van der Waals surface area contributed by atoms with Crippen molar-refractivity contribution in [3.05, 3.63) is 46.0 Å². The topological polar surface area (TPSA) is 12.0 Å². The first-order valence-corrected chi connectivity index (χ1v) is 6.41. The van der Waals surface area contributed by atoms with Crippen LogP contribution in [0.2, 0.25) is 0 Å². The van der Waals surface area contributed by atoms with Crippen LogP contribution in [-0.4, -0.2) is 7.05 Å². The van der Waals surface area contributed by atoms with E-state index < -0.39 is 0 Å². The molecule has 1 N–H and O–H groups in total. The number of rotatable bonds is 5. The van der Waals surface area contributed by atoms with Gasteiger partial charge in [-0.2, -0.15) is 0 Å². The highest BCUT2D eigenvalue weighted by Gasteiger charge is 2.09. The molecular formula is C14H20BrN. The Morgan fingerprint density at radius 3 is 2.69 bits per heavy atom. The third kappa shape index (κ3) is 3.76. The SMILES string of the molecule is C=C(C)CCC(NC)c1ccc(Br)c(C)c1. The standard InChI is InChI=1S/C14H20BrN/c1-10(2)5-8-14(16-4)12-6-7-13(15)11(3)9-12/h6-7,9,14,16H,1,5,8H2,2-4H3. The van der Waals surface area contributed by atoms with Gasteiger partial charge in [0.05, 0.1) is 0 Å². The molecule has 0 aliphatic rings. The lowest BCUT2D eigenvalue weighted by molar-refractivity contribution is 0.548. The first-order valence-electron chi connectivity index (χ1n) is 5.62. The molecule has 88 valence electrons. The lowest BCUT2D eigenvalue weighted by Crippen LogP contribution is -2.16. The van der Waals surface area contributed by atoms with Crippen LogP contribution in [-0.2, 0) is 0 Å². The van der Waals surface area contributed by atoms with Gasteiger partial charge in [0.15, 0.2) is 0 Å². The van der Waals surface area contributed by atoms with E-state index in [-0.39, 0.29) is 0 Å². The number of allylic oxidation sites excluding steroid dienone is 1. The summed E-state index contributed by atoms with van der Waals surface area (Å²) in [4.78, 5) is 0. The van der Waals surface area contributed by atoms with Crippen LogP contribution in [0.4, 0.5) is 0 Å². The molecule has 1 aromatic carbocycles. The molecule has 0 aliphatic carbocycles. The Labute approximate surface area is 107 Å². The highest BCUT2D eigenvalue weighted by molar-refractivity contribution is 9.10. The summed E-state index contributed by atoms with van der Waals surface area (Å²) >= 11 is 3.53. The van der Waals surface area contributed by atoms with Gasteiger partial charge < -0.3 is 5.32 Å². The quantitative estimate of drug-likeness (QED) is 0.790. The Bertz CT molecular complexity index is 371. The molecule has 0 saturated carbocycles. The first kappa shape index (κ1) is 13.5. The zero-order valence-corrected chi connectivity index (χ0v) is 11.9. The summed E-state index contributed by atoms with van der Waals surface area (Å²) in [7, 11) is 2.01. The number of halogens is 1. The van der Waals surface area contributed by atoms with Crippen LogP contribution in [0.1, 0.15) is 36.9 Å². The Morgan fingerprint density at radius 2 is 2.19 bits per heavy atom. The molecule has 0 heterocycles. The second kappa shape index (κ2) is 6.21. The molecule has 1 rings (SSSR count). The Kier molecular flexibility index (Phi) is 5.23. The molecule has 0 aliphatic heterocycles. The molecule has 0 radical (unpaired) electrons. The molecule has 0 spiro atoms. The third-order valence-corrected chi connectivity index (χ3v) is 3.68. The van der Waals surface area contributed by atoms with E-state index in [2.05, 4.69) is 59.9 Å². The summed E-state index contributed by atoms with van der Waals surface area (Å²) in [5.41, 5.74) is 3.88. The minimum Gasteiger partial charge on any atom is -0.313 e. The lowest BCUT2D eigenvalue weighted by Gasteiger charge is -2.17. The summed E-state index contributed by atoms with van der Waals surface area (Å²) in [6, 6.07) is 6.96. The van der Waals surface area contributed by atoms with E-state index in [9.17, 15) is 0 Å². The van der Waals surface area contributed by atoms with Crippen LogP contribution in [0.15, 0.2) is 34.8 Å². The van der Waals surface area contributed by atoms with Gasteiger partial charge in [-0.05, 0) is 50.9 Å². The fourth-order valence-electron chi connectivity index (χ4n) is 1.75. The Morgan fingerprint density at radius 1 is 1.50 bits per heavy atom. The number of benzene rings is 1. The maximum Gasteiger partial charge on any atom is 0.0320 e. The van der Waals surface area contributed by atoms with Crippen LogP contribution in [0.25, 0.3) is 0 Å². The van der Waals surface area contributed by atoms with Gasteiger partial charge in [0.2, 0.25) is 0 Å². The van der Waals surface area contributed by atoms with E-state index in [1.165, 1.54) is 21.2 Å². The number of hydrogen-bond acceptors (Lipinski definition) is 1. The van der Waals surface area contributed by atoms with Crippen molar-refractivity contribution in [3.63, 3.8) is 0 Å². The molecule has 0 amide bonds. The highest BCUT2D eigenvalue weighted by Crippen LogP contribution is 2.24. The minimum absolute atomic E-state index is 0.420. The van der Waals surface area contributed by atoms with Crippen LogP contribution in [0.3, 0.4) is 0 Å². The van der Waals surface area contributed by atoms with E-state index in [4.69, 9.17) is 0 Å². The molecule has 0 fully saturated rings. The molecule has 0 saturated heterocycles. The summed E-state index contributed by atoms with van der Waals surface area (Å²) in [5.74, 6) is 0. The molecule has 0 aromatic heterocycles. The summed E-state index contributed by atoms with van der Waals surface area (Å²) in [6.07, 6.45) is 2.17. The zero-order valence-electron chi connectivity index (χ0n) is 10.3. The fraction of sp³-hybridized carbons (Fsp3) is 0.429. The van der Waals surface area contributed by atoms with Crippen molar-refractivity contribution >= 4 is 15.9 Å². The monoisotopic (exact) mass is 281 g/mol. The smallest absolute Gasteiger partial charge is 0.0320 e. The molecule has 1 nitrogen and oxygen atoms in total. The molecule has 1 aromatic rings. The average molecular weight is 282 g/mol. The van der Waals surface area contributed by atoms with Gasteiger partial charge in [-0.25, -0.2) is 0 Å². The largest absolute Gasteiger partial charge is 0.313 e. The van der Waals surface area contributed by atoms with Crippen molar-refractivity contribution in [2.45, 2.75) is 32.7 Å². The Balaban J connectivity index is 2.78. The van der Waals surface area contributed by atoms with E-state index in [1.54, 1.807) is 0 Å². The van der Waals surface area contributed by atoms with Crippen molar-refractivity contribution in [2.75, 3.05) is 7.05 Å². The molecule has 1 unspecified atom stereocenters. The molecule has 2 heteroatoms. The normalized spacial score (nSPS) is 12.5. The summed E-state index contributed by atoms with van der Waals surface area (Å²) < 4.78 is 1.17. The number of nitrogens with one attached hydrogen (secondary N) is 1. The summed E-state index contributed by atoms with van der Waals surface area (Å²) in [5, 5.41) is 3.36. The minimum atomic E-state index is 0.420. The van der Waals surface area contributed by atoms with Gasteiger partial charge in [-0.15, -0.1) is 6.58 Å². The molecular weight excluding hydrogens is 262 g/mol. The third-order valence-electron chi connectivity index (χ3n) is 2.79. The van der Waals surface area contributed by atoms with Gasteiger partial charge in [0.25, 0.3) is 0 Å². The number of aryl methyl sites for hydroxylation is 1. The lowest BCUT2D eigenvalue weighted by atomic mass is 9.99. The van der Waals surface area contributed by atoms with Crippen molar-refractivity contribution in [1.82, 2.24) is 5.32 Å². The molecule has 16 heavy (non-hydrogen) atoms. The second-order valence-corrected chi connectivity index (χ2v) is 5.20. The van der Waals surface area contributed by atoms with Crippen LogP contribution < -0.4 is 5.32 Å². The second-order valence-electron chi connectivity index (χ2n) is 4.35. The van der Waals surface area contributed by atoms with Gasteiger partial charge >= 0.3 is 0 Å². The molecule has 0 bridgehead atoms. The van der Waals surface area contributed by atoms with E-state index in [0.717, 1.165) is 12.8 Å². The van der Waals surface area contributed by atoms with E-state index >= 15 is 0 Å². The Hall–Kier alpha value is -0.600. The van der Waals surface area contributed by atoms with Crippen LogP contribution in [0.5, 0.6) is 0 Å². The van der Waals surface area contributed by atoms with Crippen molar-refractivity contribution in [1.29, 1.82) is 0 Å². The highest BCUT2D eigenvalue weighted by atomic mass is 79.9. The first-order chi connectivity index (χ1) is 7.54. The van der Waals surface area contributed by atoms with Gasteiger partial charge in [0.1, 0.15) is 0 Å². The van der Waals surface area contributed by atoms with Crippen molar-refractivity contribution in [3.8, 4) is 0 Å². The van der Waals surface area contributed by atoms with E-state index in [1.807, 2.05) is 7.05 Å². The fourth-order valence-corrected chi connectivity index (χ4v) is 2.00. The number of hydrogen-bond donors (Lipinski definition) is 1. The van der Waals surface area contributed by atoms with Crippen LogP contribution in [0, 0.1) is 6.92 Å². The molecule has 1 atom stereocenters. The van der Waals surface area contributed by atoms with Gasteiger partial charge in [-0.3, -0.25) is 0 Å². The average Bonchev–Trinajstić information content (AvgIpc) is 2.23. The summed E-state index contributed by atoms with van der Waals surface area (Å²) in [6.45, 7) is 8.16. The van der Waals surface area contributed by atoms with Crippen molar-refractivity contribution in [2.24, 2.45) is 0 Å². The zero-order chi connectivity index (χ0) is 12.1. The predicted molar refractivity (Wildman–Crippen MR) is 74.7 cm³/mol. The van der Waals surface area contributed by atoms with Gasteiger partial charge in [-0.1, -0.05) is 33.6 Å². The maximum absolute atomic E-state index is 3.95.